The zero-order chi connectivity index (χ0) is 8.32. The predicted octanol–water partition coefficient (Wildman–Crippen LogP) is 2.00. The number of alkyl halides is 1. The quantitative estimate of drug-likeness (QED) is 0.597. The van der Waals surface area contributed by atoms with Crippen molar-refractivity contribution in [3.63, 3.8) is 0 Å². The highest BCUT2D eigenvalue weighted by Crippen LogP contribution is 2.20. The molecule has 11 heavy (non-hydrogen) atoms. The molecule has 0 saturated carbocycles. The van der Waals surface area contributed by atoms with Crippen molar-refractivity contribution in [2.24, 2.45) is 5.73 Å². The van der Waals surface area contributed by atoms with E-state index >= 15 is 0 Å². The Bertz CT molecular complexity index is 224. The van der Waals surface area contributed by atoms with Gasteiger partial charge in [0.25, 0.3) is 0 Å². The summed E-state index contributed by atoms with van der Waals surface area (Å²) in [6.07, 6.45) is 9.76. The molecule has 1 aliphatic rings. The van der Waals surface area contributed by atoms with Gasteiger partial charge in [-0.3, -0.25) is 0 Å². The van der Waals surface area contributed by atoms with Crippen molar-refractivity contribution in [2.75, 3.05) is 6.54 Å². The first-order chi connectivity index (χ1) is 5.14. The van der Waals surface area contributed by atoms with Crippen LogP contribution in [0, 0.1) is 0 Å². The smallest absolute Gasteiger partial charge is 0.0784 e. The van der Waals surface area contributed by atoms with Crippen LogP contribution >= 0.6 is 11.6 Å². The van der Waals surface area contributed by atoms with Crippen LogP contribution in [0.3, 0.4) is 0 Å². The monoisotopic (exact) mass is 169 g/mol. The third-order valence-electron chi connectivity index (χ3n) is 1.59. The molecular weight excluding hydrogens is 158 g/mol. The third-order valence-corrected chi connectivity index (χ3v) is 1.84. The van der Waals surface area contributed by atoms with Crippen molar-refractivity contribution in [1.29, 1.82) is 0 Å². The molecule has 1 atom stereocenters. The highest BCUT2D eigenvalue weighted by Gasteiger charge is 2.12. The Kier molecular flexibility index (Phi) is 2.53. The normalized spacial score (nSPS) is 29.9. The van der Waals surface area contributed by atoms with E-state index in [2.05, 4.69) is 0 Å². The fourth-order valence-electron chi connectivity index (χ4n) is 0.877. The molecule has 1 unspecified atom stereocenters. The highest BCUT2D eigenvalue weighted by atomic mass is 35.5. The van der Waals surface area contributed by atoms with Gasteiger partial charge in [-0.1, -0.05) is 30.4 Å². The van der Waals surface area contributed by atoms with E-state index in [0.29, 0.717) is 6.54 Å². The minimum atomic E-state index is -0.354. The molecule has 0 saturated heterocycles. The summed E-state index contributed by atoms with van der Waals surface area (Å²) in [5.74, 6) is 0. The first-order valence-corrected chi connectivity index (χ1v) is 3.98. The molecule has 1 nitrogen and oxygen atoms in total. The summed E-state index contributed by atoms with van der Waals surface area (Å²) in [5.41, 5.74) is 6.57. The Balaban J connectivity index is 2.83. The molecule has 0 fully saturated rings. The number of hydrogen-bond acceptors (Lipinski definition) is 1. The number of rotatable bonds is 1. The molecule has 0 aromatic rings. The summed E-state index contributed by atoms with van der Waals surface area (Å²) in [4.78, 5) is -0.354. The molecule has 0 aliphatic heterocycles. The Labute approximate surface area is 72.2 Å². The van der Waals surface area contributed by atoms with Crippen LogP contribution in [0.25, 0.3) is 0 Å². The maximum Gasteiger partial charge on any atom is 0.0784 e. The Morgan fingerprint density at radius 3 is 2.91 bits per heavy atom. The van der Waals surface area contributed by atoms with E-state index < -0.39 is 0 Å². The van der Waals surface area contributed by atoms with Crippen molar-refractivity contribution in [2.45, 2.75) is 11.8 Å². The van der Waals surface area contributed by atoms with E-state index in [1.54, 1.807) is 0 Å². The Morgan fingerprint density at radius 1 is 1.55 bits per heavy atom. The lowest BCUT2D eigenvalue weighted by Gasteiger charge is -2.09. The van der Waals surface area contributed by atoms with Crippen LogP contribution in [0.15, 0.2) is 36.0 Å². The maximum absolute atomic E-state index is 6.05. The molecular formula is C9H12ClN. The second-order valence-corrected chi connectivity index (χ2v) is 3.60. The topological polar surface area (TPSA) is 26.0 Å². The molecule has 0 aromatic carbocycles. The van der Waals surface area contributed by atoms with Crippen molar-refractivity contribution >= 4 is 11.6 Å². The SMILES string of the molecule is CC1(Cl)C=CC=C(CN)C=C1. The molecule has 2 N–H and O–H groups in total. The van der Waals surface area contributed by atoms with Crippen molar-refractivity contribution in [1.82, 2.24) is 0 Å². The zero-order valence-electron chi connectivity index (χ0n) is 6.55. The molecule has 0 spiro atoms. The van der Waals surface area contributed by atoms with E-state index in [1.807, 2.05) is 37.3 Å². The van der Waals surface area contributed by atoms with Crippen LogP contribution in [-0.2, 0) is 0 Å². The highest BCUT2D eigenvalue weighted by molar-refractivity contribution is 6.26. The van der Waals surface area contributed by atoms with Gasteiger partial charge in [-0.2, -0.15) is 0 Å². The molecule has 60 valence electrons. The minimum absolute atomic E-state index is 0.354. The average molecular weight is 170 g/mol. The van der Waals surface area contributed by atoms with Crippen LogP contribution in [0.2, 0.25) is 0 Å². The predicted molar refractivity (Wildman–Crippen MR) is 49.7 cm³/mol. The van der Waals surface area contributed by atoms with Gasteiger partial charge in [-0.25, -0.2) is 0 Å². The second kappa shape index (κ2) is 3.24. The number of allylic oxidation sites excluding steroid dienone is 4. The van der Waals surface area contributed by atoms with Crippen LogP contribution < -0.4 is 5.73 Å². The van der Waals surface area contributed by atoms with E-state index in [0.717, 1.165) is 5.57 Å². The fraction of sp³-hybridized carbons (Fsp3) is 0.333. The summed E-state index contributed by atoms with van der Waals surface area (Å²) >= 11 is 6.05. The maximum atomic E-state index is 6.05. The van der Waals surface area contributed by atoms with Crippen LogP contribution in [0.4, 0.5) is 0 Å². The van der Waals surface area contributed by atoms with Gasteiger partial charge in [0.2, 0.25) is 0 Å². The van der Waals surface area contributed by atoms with E-state index in [-0.39, 0.29) is 4.87 Å². The van der Waals surface area contributed by atoms with E-state index in [4.69, 9.17) is 17.3 Å². The van der Waals surface area contributed by atoms with Gasteiger partial charge in [0.05, 0.1) is 4.87 Å². The van der Waals surface area contributed by atoms with Crippen molar-refractivity contribution in [3.05, 3.63) is 36.0 Å². The summed E-state index contributed by atoms with van der Waals surface area (Å²) in [7, 11) is 0. The number of nitrogens with two attached hydrogens (primary N) is 1. The van der Waals surface area contributed by atoms with E-state index in [9.17, 15) is 0 Å². The first-order valence-electron chi connectivity index (χ1n) is 3.61. The van der Waals surface area contributed by atoms with Gasteiger partial charge < -0.3 is 5.73 Å². The molecule has 0 bridgehead atoms. The largest absolute Gasteiger partial charge is 0.326 e. The lowest BCUT2D eigenvalue weighted by Crippen LogP contribution is -2.06. The fourth-order valence-corrected chi connectivity index (χ4v) is 1.01. The number of halogens is 1. The summed E-state index contributed by atoms with van der Waals surface area (Å²) in [6.45, 7) is 2.50. The van der Waals surface area contributed by atoms with Gasteiger partial charge in [0.1, 0.15) is 0 Å². The molecule has 0 radical (unpaired) electrons. The molecule has 0 amide bonds. The van der Waals surface area contributed by atoms with Crippen molar-refractivity contribution < 1.29 is 0 Å². The van der Waals surface area contributed by atoms with Crippen LogP contribution in [0.1, 0.15) is 6.92 Å². The Hall–Kier alpha value is -0.530. The standard InChI is InChI=1S/C9H12ClN/c1-9(10)5-2-3-8(7-11)4-6-9/h2-6H,7,11H2,1H3. The summed E-state index contributed by atoms with van der Waals surface area (Å²) in [5, 5.41) is 0. The van der Waals surface area contributed by atoms with Crippen molar-refractivity contribution in [3.8, 4) is 0 Å². The lowest BCUT2D eigenvalue weighted by molar-refractivity contribution is 0.991. The van der Waals surface area contributed by atoms with Crippen LogP contribution in [0.5, 0.6) is 0 Å². The van der Waals surface area contributed by atoms with Gasteiger partial charge in [0, 0.05) is 6.54 Å². The average Bonchev–Trinajstić information content (AvgIpc) is 2.10. The van der Waals surface area contributed by atoms with Gasteiger partial charge >= 0.3 is 0 Å². The minimum Gasteiger partial charge on any atom is -0.326 e. The molecule has 1 rings (SSSR count). The summed E-state index contributed by atoms with van der Waals surface area (Å²) < 4.78 is 0. The molecule has 0 aromatic heterocycles. The van der Waals surface area contributed by atoms with Crippen LogP contribution in [-0.4, -0.2) is 11.4 Å². The molecule has 1 aliphatic carbocycles. The molecule has 0 heterocycles. The summed E-state index contributed by atoms with van der Waals surface area (Å²) in [6, 6.07) is 0. The lowest BCUT2D eigenvalue weighted by atomic mass is 10.1. The van der Waals surface area contributed by atoms with Gasteiger partial charge in [-0.05, 0) is 12.5 Å². The van der Waals surface area contributed by atoms with Gasteiger partial charge in [-0.15, -0.1) is 11.6 Å². The zero-order valence-corrected chi connectivity index (χ0v) is 7.31. The first kappa shape index (κ1) is 8.57. The number of hydrogen-bond donors (Lipinski definition) is 1. The second-order valence-electron chi connectivity index (χ2n) is 2.79. The molecule has 2 heteroatoms. The van der Waals surface area contributed by atoms with E-state index in [1.165, 1.54) is 0 Å². The van der Waals surface area contributed by atoms with Gasteiger partial charge in [0.15, 0.2) is 0 Å². The Morgan fingerprint density at radius 2 is 2.27 bits per heavy atom. The third kappa shape index (κ3) is 2.52.